The second-order valence-corrected chi connectivity index (χ2v) is 8.53. The summed E-state index contributed by atoms with van der Waals surface area (Å²) in [4.78, 5) is 0. The zero-order valence-corrected chi connectivity index (χ0v) is 15.9. The Balaban J connectivity index is 3.36. The van der Waals surface area contributed by atoms with E-state index in [1.54, 1.807) is 0 Å². The van der Waals surface area contributed by atoms with Gasteiger partial charge in [0.15, 0.2) is 0 Å². The Morgan fingerprint density at radius 1 is 0.619 bits per heavy atom. The Kier molecular flexibility index (Phi) is 11.5. The SMILES string of the molecule is CCCCCCCCCCCCOC(C)(C)CC(C)(C)C. The normalized spacial score (nSPS) is 12.9. The predicted molar refractivity (Wildman–Crippen MR) is 95.9 cm³/mol. The average molecular weight is 299 g/mol. The molecule has 0 rings (SSSR count). The van der Waals surface area contributed by atoms with Crippen molar-refractivity contribution in [2.24, 2.45) is 5.41 Å². The van der Waals surface area contributed by atoms with E-state index in [1.165, 1.54) is 64.2 Å². The van der Waals surface area contributed by atoms with Crippen LogP contribution in [-0.2, 0) is 4.74 Å². The minimum atomic E-state index is 0.0253. The third-order valence-electron chi connectivity index (χ3n) is 3.95. The van der Waals surface area contributed by atoms with Crippen LogP contribution in [0.5, 0.6) is 0 Å². The zero-order valence-electron chi connectivity index (χ0n) is 15.9. The van der Waals surface area contributed by atoms with Gasteiger partial charge in [-0.2, -0.15) is 0 Å². The number of hydrogen-bond donors (Lipinski definition) is 0. The van der Waals surface area contributed by atoms with Crippen molar-refractivity contribution in [3.63, 3.8) is 0 Å². The van der Waals surface area contributed by atoms with Crippen molar-refractivity contribution in [3.8, 4) is 0 Å². The topological polar surface area (TPSA) is 9.23 Å². The first-order valence-electron chi connectivity index (χ1n) is 9.41. The lowest BCUT2D eigenvalue weighted by Crippen LogP contribution is -2.30. The quantitative estimate of drug-likeness (QED) is 0.328. The molecule has 0 saturated carbocycles. The molecule has 0 spiro atoms. The molecule has 21 heavy (non-hydrogen) atoms. The standard InChI is InChI=1S/C20H42O/c1-7-8-9-10-11-12-13-14-15-16-17-21-20(5,6)18-19(2,3)4/h7-18H2,1-6H3. The molecule has 0 unspecified atom stereocenters. The molecule has 0 aliphatic rings. The summed E-state index contributed by atoms with van der Waals surface area (Å²) in [6.07, 6.45) is 15.0. The number of hydrogen-bond acceptors (Lipinski definition) is 1. The molecule has 0 heterocycles. The van der Waals surface area contributed by atoms with Crippen LogP contribution in [0.4, 0.5) is 0 Å². The average Bonchev–Trinajstić information content (AvgIpc) is 2.33. The summed E-state index contributed by atoms with van der Waals surface area (Å²) in [5.41, 5.74) is 0.374. The molecular formula is C20H42O. The van der Waals surface area contributed by atoms with Gasteiger partial charge in [0, 0.05) is 6.61 Å². The number of unbranched alkanes of at least 4 members (excludes halogenated alkanes) is 9. The van der Waals surface area contributed by atoms with Crippen molar-refractivity contribution < 1.29 is 4.74 Å². The highest BCUT2D eigenvalue weighted by molar-refractivity contribution is 4.76. The van der Waals surface area contributed by atoms with Gasteiger partial charge in [-0.1, -0.05) is 85.5 Å². The first-order valence-corrected chi connectivity index (χ1v) is 9.41. The Bertz CT molecular complexity index is 224. The van der Waals surface area contributed by atoms with Gasteiger partial charge in [-0.05, 0) is 32.1 Å². The Hall–Kier alpha value is -0.0400. The molecule has 0 bridgehead atoms. The highest BCUT2D eigenvalue weighted by Gasteiger charge is 2.25. The van der Waals surface area contributed by atoms with Crippen molar-refractivity contribution >= 4 is 0 Å². The van der Waals surface area contributed by atoms with E-state index in [2.05, 4.69) is 41.5 Å². The maximum Gasteiger partial charge on any atom is 0.0631 e. The number of rotatable bonds is 13. The molecule has 1 nitrogen and oxygen atoms in total. The molecule has 0 fully saturated rings. The van der Waals surface area contributed by atoms with Crippen LogP contribution >= 0.6 is 0 Å². The summed E-state index contributed by atoms with van der Waals surface area (Å²) in [7, 11) is 0. The van der Waals surface area contributed by atoms with E-state index >= 15 is 0 Å². The van der Waals surface area contributed by atoms with Gasteiger partial charge in [-0.15, -0.1) is 0 Å². The summed E-state index contributed by atoms with van der Waals surface area (Å²) in [5.74, 6) is 0. The fourth-order valence-electron chi connectivity index (χ4n) is 3.27. The zero-order chi connectivity index (χ0) is 16.2. The van der Waals surface area contributed by atoms with Crippen LogP contribution in [0, 0.1) is 5.41 Å². The van der Waals surface area contributed by atoms with Gasteiger partial charge < -0.3 is 4.74 Å². The van der Waals surface area contributed by atoms with Crippen LogP contribution < -0.4 is 0 Å². The van der Waals surface area contributed by atoms with Gasteiger partial charge in [0.2, 0.25) is 0 Å². The summed E-state index contributed by atoms with van der Waals surface area (Å²) in [5, 5.41) is 0. The Labute approximate surface area is 135 Å². The molecular weight excluding hydrogens is 256 g/mol. The van der Waals surface area contributed by atoms with Crippen LogP contribution in [0.15, 0.2) is 0 Å². The first-order chi connectivity index (χ1) is 9.77. The summed E-state index contributed by atoms with van der Waals surface area (Å²) in [6, 6.07) is 0. The van der Waals surface area contributed by atoms with Crippen LogP contribution in [0.1, 0.15) is 112 Å². The summed E-state index contributed by atoms with van der Waals surface area (Å²) < 4.78 is 6.08. The number of ether oxygens (including phenoxy) is 1. The van der Waals surface area contributed by atoms with Gasteiger partial charge >= 0.3 is 0 Å². The Morgan fingerprint density at radius 2 is 1.05 bits per heavy atom. The highest BCUT2D eigenvalue weighted by Crippen LogP contribution is 2.29. The lowest BCUT2D eigenvalue weighted by atomic mass is 9.83. The van der Waals surface area contributed by atoms with E-state index in [4.69, 9.17) is 4.74 Å². The molecule has 0 amide bonds. The van der Waals surface area contributed by atoms with Gasteiger partial charge in [0.1, 0.15) is 0 Å². The minimum Gasteiger partial charge on any atom is -0.376 e. The van der Waals surface area contributed by atoms with Crippen LogP contribution in [-0.4, -0.2) is 12.2 Å². The molecule has 0 aromatic heterocycles. The molecule has 128 valence electrons. The maximum atomic E-state index is 6.08. The summed E-state index contributed by atoms with van der Waals surface area (Å²) >= 11 is 0. The van der Waals surface area contributed by atoms with Crippen LogP contribution in [0.3, 0.4) is 0 Å². The lowest BCUT2D eigenvalue weighted by molar-refractivity contribution is -0.0445. The van der Waals surface area contributed by atoms with E-state index < -0.39 is 0 Å². The van der Waals surface area contributed by atoms with Crippen LogP contribution in [0.25, 0.3) is 0 Å². The molecule has 0 atom stereocenters. The van der Waals surface area contributed by atoms with E-state index in [1.807, 2.05) is 0 Å². The maximum absolute atomic E-state index is 6.08. The third kappa shape index (κ3) is 16.2. The van der Waals surface area contributed by atoms with Crippen molar-refractivity contribution in [1.82, 2.24) is 0 Å². The van der Waals surface area contributed by atoms with Gasteiger partial charge in [-0.3, -0.25) is 0 Å². The van der Waals surface area contributed by atoms with Crippen molar-refractivity contribution in [1.29, 1.82) is 0 Å². The molecule has 0 aromatic carbocycles. The van der Waals surface area contributed by atoms with Gasteiger partial charge in [0.25, 0.3) is 0 Å². The van der Waals surface area contributed by atoms with E-state index in [9.17, 15) is 0 Å². The molecule has 0 radical (unpaired) electrons. The predicted octanol–water partition coefficient (Wildman–Crippen LogP) is 7.14. The van der Waals surface area contributed by atoms with Crippen molar-refractivity contribution in [3.05, 3.63) is 0 Å². The second kappa shape index (κ2) is 11.5. The van der Waals surface area contributed by atoms with Crippen molar-refractivity contribution in [2.75, 3.05) is 6.61 Å². The van der Waals surface area contributed by atoms with E-state index in [-0.39, 0.29) is 5.60 Å². The smallest absolute Gasteiger partial charge is 0.0631 e. The summed E-state index contributed by atoms with van der Waals surface area (Å²) in [6.45, 7) is 14.5. The van der Waals surface area contributed by atoms with Gasteiger partial charge in [-0.25, -0.2) is 0 Å². The first kappa shape index (κ1) is 21.0. The van der Waals surface area contributed by atoms with Gasteiger partial charge in [0.05, 0.1) is 5.60 Å². The molecule has 0 saturated heterocycles. The van der Waals surface area contributed by atoms with Crippen molar-refractivity contribution in [2.45, 2.75) is 118 Å². The fraction of sp³-hybridized carbons (Fsp3) is 1.00. The van der Waals surface area contributed by atoms with Crippen LogP contribution in [0.2, 0.25) is 0 Å². The molecule has 0 N–H and O–H groups in total. The third-order valence-corrected chi connectivity index (χ3v) is 3.95. The second-order valence-electron chi connectivity index (χ2n) is 8.53. The molecule has 0 aliphatic carbocycles. The molecule has 0 aliphatic heterocycles. The molecule has 1 heteroatoms. The van der Waals surface area contributed by atoms with E-state index in [0.717, 1.165) is 13.0 Å². The largest absolute Gasteiger partial charge is 0.376 e. The van der Waals surface area contributed by atoms with E-state index in [0.29, 0.717) is 5.41 Å². The highest BCUT2D eigenvalue weighted by atomic mass is 16.5. The molecule has 0 aromatic rings. The Morgan fingerprint density at radius 3 is 1.48 bits per heavy atom. The fourth-order valence-corrected chi connectivity index (χ4v) is 3.27. The monoisotopic (exact) mass is 298 g/mol. The minimum absolute atomic E-state index is 0.0253. The lowest BCUT2D eigenvalue weighted by Gasteiger charge is -2.32.